The monoisotopic (exact) mass is 516 g/mol. The number of benzene rings is 3. The van der Waals surface area contributed by atoms with E-state index in [-0.39, 0.29) is 33.1 Å². The minimum absolute atomic E-state index is 0.0109. The molecule has 1 aliphatic heterocycles. The van der Waals surface area contributed by atoms with E-state index < -0.39 is 6.04 Å². The second kappa shape index (κ2) is 8.84. The van der Waals surface area contributed by atoms with Gasteiger partial charge in [-0.25, -0.2) is 0 Å². The molecule has 180 valence electrons. The number of fused-ring (bicyclic) bond motifs is 2. The summed E-state index contributed by atoms with van der Waals surface area (Å²) in [5.74, 6) is 0.0316. The third-order valence-electron chi connectivity index (χ3n) is 6.99. The Morgan fingerprint density at radius 3 is 2.47 bits per heavy atom. The van der Waals surface area contributed by atoms with Gasteiger partial charge in [-0.05, 0) is 49.1 Å². The molecule has 2 aliphatic rings. The maximum absolute atomic E-state index is 13.7. The van der Waals surface area contributed by atoms with Crippen LogP contribution in [-0.2, 0) is 4.79 Å². The number of para-hydroxylation sites is 2. The van der Waals surface area contributed by atoms with Crippen molar-refractivity contribution in [1.82, 2.24) is 0 Å². The van der Waals surface area contributed by atoms with Crippen LogP contribution in [-0.4, -0.2) is 5.78 Å². The van der Waals surface area contributed by atoms with Crippen molar-refractivity contribution in [3.63, 3.8) is 0 Å². The SMILES string of the molecule is Cc1ccc([C@H]2CC(=O)C3=C(C2)Nc2ccccc2N[C@@H]3c2coc3c(Cl)cc(Cl)cc3c2=O)cc1. The van der Waals surface area contributed by atoms with E-state index in [4.69, 9.17) is 27.6 Å². The van der Waals surface area contributed by atoms with Gasteiger partial charge in [-0.3, -0.25) is 9.59 Å². The van der Waals surface area contributed by atoms with E-state index in [2.05, 4.69) is 34.9 Å². The number of allylic oxidation sites excluding steroid dienone is 1. The van der Waals surface area contributed by atoms with Crippen molar-refractivity contribution < 1.29 is 9.21 Å². The first-order valence-electron chi connectivity index (χ1n) is 11.7. The van der Waals surface area contributed by atoms with Crippen LogP contribution in [0.25, 0.3) is 11.0 Å². The number of carbonyl (C=O) groups excluding carboxylic acids is 1. The lowest BCUT2D eigenvalue weighted by Gasteiger charge is -2.29. The van der Waals surface area contributed by atoms with Crippen LogP contribution in [0.3, 0.4) is 0 Å². The Hall–Kier alpha value is -3.54. The molecule has 0 saturated carbocycles. The first-order valence-corrected chi connectivity index (χ1v) is 12.5. The average Bonchev–Trinajstić information content (AvgIpc) is 3.02. The van der Waals surface area contributed by atoms with Crippen molar-refractivity contribution in [2.45, 2.75) is 31.7 Å². The van der Waals surface area contributed by atoms with Crippen molar-refractivity contribution in [3.8, 4) is 0 Å². The lowest BCUT2D eigenvalue weighted by Crippen LogP contribution is -2.29. The number of hydrogen-bond donors (Lipinski definition) is 2. The Bertz CT molecular complexity index is 1620. The van der Waals surface area contributed by atoms with Crippen molar-refractivity contribution in [2.75, 3.05) is 10.6 Å². The Labute approximate surface area is 217 Å². The molecule has 2 heterocycles. The third kappa shape index (κ3) is 3.89. The number of aryl methyl sites for hydroxylation is 1. The minimum atomic E-state index is -0.693. The van der Waals surface area contributed by atoms with Crippen LogP contribution < -0.4 is 16.1 Å². The van der Waals surface area contributed by atoms with E-state index >= 15 is 0 Å². The van der Waals surface area contributed by atoms with Gasteiger partial charge in [0.2, 0.25) is 0 Å². The molecule has 0 bridgehead atoms. The molecular weight excluding hydrogens is 495 g/mol. The summed E-state index contributed by atoms with van der Waals surface area (Å²) in [6.45, 7) is 2.05. The molecule has 2 N–H and O–H groups in total. The van der Waals surface area contributed by atoms with Crippen LogP contribution in [0.1, 0.15) is 41.5 Å². The Kier molecular flexibility index (Phi) is 5.62. The topological polar surface area (TPSA) is 71.3 Å². The fraction of sp³-hybridized carbons (Fsp3) is 0.172. The highest BCUT2D eigenvalue weighted by molar-refractivity contribution is 6.38. The molecular formula is C29H22Cl2N2O3. The summed E-state index contributed by atoms with van der Waals surface area (Å²) in [6, 6.07) is 18.4. The van der Waals surface area contributed by atoms with Crippen LogP contribution in [0.2, 0.25) is 10.0 Å². The summed E-state index contributed by atoms with van der Waals surface area (Å²) < 4.78 is 5.82. The highest BCUT2D eigenvalue weighted by Gasteiger charge is 2.37. The second-order valence-electron chi connectivity index (χ2n) is 9.36. The fourth-order valence-corrected chi connectivity index (χ4v) is 5.72. The van der Waals surface area contributed by atoms with Gasteiger partial charge in [-0.2, -0.15) is 0 Å². The van der Waals surface area contributed by atoms with Gasteiger partial charge in [0, 0.05) is 22.7 Å². The van der Waals surface area contributed by atoms with E-state index in [9.17, 15) is 9.59 Å². The number of nitrogens with one attached hydrogen (secondary N) is 2. The number of ketones is 1. The fourth-order valence-electron chi connectivity index (χ4n) is 5.18. The molecule has 4 aromatic rings. The molecule has 0 unspecified atom stereocenters. The van der Waals surface area contributed by atoms with Crippen molar-refractivity contribution in [1.29, 1.82) is 0 Å². The van der Waals surface area contributed by atoms with Crippen LogP contribution in [0.15, 0.2) is 87.4 Å². The van der Waals surface area contributed by atoms with Gasteiger partial charge in [-0.15, -0.1) is 0 Å². The van der Waals surface area contributed by atoms with Crippen molar-refractivity contribution >= 4 is 51.3 Å². The molecule has 0 spiro atoms. The van der Waals surface area contributed by atoms with E-state index in [1.165, 1.54) is 17.9 Å². The molecule has 0 saturated heterocycles. The molecule has 36 heavy (non-hydrogen) atoms. The Morgan fingerprint density at radius 1 is 0.944 bits per heavy atom. The van der Waals surface area contributed by atoms with Crippen LogP contribution in [0.5, 0.6) is 0 Å². The smallest absolute Gasteiger partial charge is 0.198 e. The predicted molar refractivity (Wildman–Crippen MR) is 144 cm³/mol. The van der Waals surface area contributed by atoms with E-state index in [1.54, 1.807) is 6.07 Å². The Balaban J connectivity index is 1.52. The summed E-state index contributed by atoms with van der Waals surface area (Å²) >= 11 is 12.5. The van der Waals surface area contributed by atoms with Gasteiger partial charge in [0.1, 0.15) is 6.26 Å². The molecule has 6 rings (SSSR count). The van der Waals surface area contributed by atoms with E-state index in [0.717, 1.165) is 22.6 Å². The summed E-state index contributed by atoms with van der Waals surface area (Å²) in [5.41, 5.74) is 5.62. The predicted octanol–water partition coefficient (Wildman–Crippen LogP) is 7.39. The number of carbonyl (C=O) groups is 1. The number of hydrogen-bond acceptors (Lipinski definition) is 5. The van der Waals surface area contributed by atoms with Gasteiger partial charge in [0.05, 0.1) is 33.4 Å². The number of Topliss-reactive ketones (excluding diaryl/α,β-unsaturated/α-hetero) is 1. The van der Waals surface area contributed by atoms with Crippen LogP contribution in [0.4, 0.5) is 11.4 Å². The molecule has 0 fully saturated rings. The normalized spacial score (nSPS) is 19.2. The first-order chi connectivity index (χ1) is 17.4. The van der Waals surface area contributed by atoms with E-state index in [1.807, 2.05) is 31.2 Å². The van der Waals surface area contributed by atoms with Gasteiger partial charge in [-0.1, -0.05) is 65.2 Å². The summed E-state index contributed by atoms with van der Waals surface area (Å²) in [5, 5.41) is 7.81. The standard InChI is InChI=1S/C29H22Cl2N2O3/c1-15-6-8-16(9-7-15)17-10-24-26(25(34)11-17)27(33-23-5-3-2-4-22(23)32-24)20-14-36-29-19(28(20)35)12-18(30)13-21(29)31/h2-9,12-14,17,27,32-33H,10-11H2,1H3/t17-,27-/m1/s1. The lowest BCUT2D eigenvalue weighted by atomic mass is 9.78. The number of anilines is 2. The highest BCUT2D eigenvalue weighted by atomic mass is 35.5. The van der Waals surface area contributed by atoms with Gasteiger partial charge in [0.15, 0.2) is 16.8 Å². The van der Waals surface area contributed by atoms with Crippen LogP contribution in [0, 0.1) is 6.92 Å². The molecule has 1 aliphatic carbocycles. The molecule has 7 heteroatoms. The highest BCUT2D eigenvalue weighted by Crippen LogP contribution is 2.44. The lowest BCUT2D eigenvalue weighted by molar-refractivity contribution is -0.116. The Morgan fingerprint density at radius 2 is 1.69 bits per heavy atom. The van der Waals surface area contributed by atoms with Gasteiger partial charge < -0.3 is 15.1 Å². The largest absolute Gasteiger partial charge is 0.462 e. The van der Waals surface area contributed by atoms with E-state index in [0.29, 0.717) is 29.0 Å². The molecule has 0 amide bonds. The van der Waals surface area contributed by atoms with Gasteiger partial charge >= 0.3 is 0 Å². The van der Waals surface area contributed by atoms with Gasteiger partial charge in [0.25, 0.3) is 0 Å². The zero-order valence-electron chi connectivity index (χ0n) is 19.4. The van der Waals surface area contributed by atoms with Crippen molar-refractivity contribution in [2.24, 2.45) is 0 Å². The molecule has 5 nitrogen and oxygen atoms in total. The van der Waals surface area contributed by atoms with Crippen LogP contribution >= 0.6 is 23.2 Å². The minimum Gasteiger partial charge on any atom is -0.462 e. The zero-order chi connectivity index (χ0) is 25.0. The summed E-state index contributed by atoms with van der Waals surface area (Å²) in [7, 11) is 0. The maximum Gasteiger partial charge on any atom is 0.198 e. The van der Waals surface area contributed by atoms with Crippen molar-refractivity contribution in [3.05, 3.63) is 115 Å². The first kappa shape index (κ1) is 22.9. The third-order valence-corrected chi connectivity index (χ3v) is 7.49. The molecule has 3 aromatic carbocycles. The summed E-state index contributed by atoms with van der Waals surface area (Å²) in [6.07, 6.45) is 2.40. The molecule has 1 aromatic heterocycles. The maximum atomic E-state index is 13.7. The molecule has 2 atom stereocenters. The zero-order valence-corrected chi connectivity index (χ0v) is 20.9. The second-order valence-corrected chi connectivity index (χ2v) is 10.2. The quantitative estimate of drug-likeness (QED) is 0.290. The number of halogens is 2. The molecule has 0 radical (unpaired) electrons. The summed E-state index contributed by atoms with van der Waals surface area (Å²) in [4.78, 5) is 27.4. The number of rotatable bonds is 2. The average molecular weight is 517 g/mol.